The van der Waals surface area contributed by atoms with Crippen LogP contribution in [0.2, 0.25) is 0 Å². The summed E-state index contributed by atoms with van der Waals surface area (Å²) in [5.41, 5.74) is 9.52. The number of pyridine rings is 1. The Bertz CT molecular complexity index is 1020. The van der Waals surface area contributed by atoms with Gasteiger partial charge in [0, 0.05) is 12.2 Å². The molecule has 0 saturated carbocycles. The number of benzene rings is 1. The van der Waals surface area contributed by atoms with Crippen molar-refractivity contribution in [3.05, 3.63) is 47.4 Å². The number of nitrogens with zero attached hydrogens (tertiary/aromatic N) is 3. The highest BCUT2D eigenvalue weighted by Gasteiger charge is 2.17. The molecule has 132 valence electrons. The predicted octanol–water partition coefficient (Wildman–Crippen LogP) is 2.80. The van der Waals surface area contributed by atoms with Crippen LogP contribution < -0.4 is 5.73 Å². The van der Waals surface area contributed by atoms with Crippen molar-refractivity contribution in [3.8, 4) is 0 Å². The fraction of sp³-hybridized carbons (Fsp3) is 0.333. The topological polar surface area (TPSA) is 90.9 Å². The second kappa shape index (κ2) is 6.48. The van der Waals surface area contributed by atoms with Gasteiger partial charge in [-0.25, -0.2) is 18.4 Å². The minimum Gasteiger partial charge on any atom is -0.382 e. The van der Waals surface area contributed by atoms with Crippen LogP contribution in [0.4, 0.5) is 5.82 Å². The van der Waals surface area contributed by atoms with Crippen LogP contribution in [-0.2, 0) is 16.4 Å². The lowest BCUT2D eigenvalue weighted by atomic mass is 10.2. The lowest BCUT2D eigenvalue weighted by Crippen LogP contribution is -2.11. The van der Waals surface area contributed by atoms with Crippen LogP contribution in [0.5, 0.6) is 0 Å². The molecular weight excluding hydrogens is 336 g/mol. The molecule has 0 bridgehead atoms. The van der Waals surface area contributed by atoms with E-state index in [9.17, 15) is 8.42 Å². The summed E-state index contributed by atoms with van der Waals surface area (Å²) in [6.07, 6.45) is 0.504. The lowest BCUT2D eigenvalue weighted by Gasteiger charge is -2.11. The summed E-state index contributed by atoms with van der Waals surface area (Å²) < 4.78 is 26.9. The predicted molar refractivity (Wildman–Crippen MR) is 99.3 cm³/mol. The van der Waals surface area contributed by atoms with Crippen molar-refractivity contribution >= 4 is 26.7 Å². The Kier molecular flexibility index (Phi) is 4.51. The molecule has 7 heteroatoms. The van der Waals surface area contributed by atoms with Crippen LogP contribution in [0.25, 0.3) is 11.0 Å². The number of sulfone groups is 1. The maximum Gasteiger partial charge on any atom is 0.178 e. The summed E-state index contributed by atoms with van der Waals surface area (Å²) in [7, 11) is -3.28. The normalized spacial score (nSPS) is 12.0. The van der Waals surface area contributed by atoms with Crippen molar-refractivity contribution < 1.29 is 8.42 Å². The molecule has 0 spiro atoms. The van der Waals surface area contributed by atoms with Gasteiger partial charge in [-0.1, -0.05) is 18.2 Å². The van der Waals surface area contributed by atoms with Gasteiger partial charge in [0.2, 0.25) is 0 Å². The molecule has 0 saturated heterocycles. The zero-order valence-electron chi connectivity index (χ0n) is 14.7. The van der Waals surface area contributed by atoms with Crippen molar-refractivity contribution in [2.75, 3.05) is 11.5 Å². The SMILES string of the molecule is Cc1nc(N)c2nc(C)n(CCCS(=O)(=O)c3ccccc3)c2c1C. The number of aryl methyl sites for hydroxylation is 4. The number of rotatable bonds is 5. The molecule has 3 rings (SSSR count). The maximum atomic E-state index is 12.4. The zero-order chi connectivity index (χ0) is 18.2. The summed E-state index contributed by atoms with van der Waals surface area (Å²) in [6.45, 7) is 6.37. The van der Waals surface area contributed by atoms with Crippen molar-refractivity contribution in [3.63, 3.8) is 0 Å². The van der Waals surface area contributed by atoms with E-state index < -0.39 is 9.84 Å². The molecule has 2 heterocycles. The molecule has 0 aliphatic rings. The van der Waals surface area contributed by atoms with Crippen molar-refractivity contribution in [2.45, 2.75) is 38.6 Å². The first-order valence-electron chi connectivity index (χ1n) is 8.18. The quantitative estimate of drug-likeness (QED) is 0.757. The van der Waals surface area contributed by atoms with Gasteiger partial charge >= 0.3 is 0 Å². The molecule has 0 unspecified atom stereocenters. The first-order valence-corrected chi connectivity index (χ1v) is 9.84. The molecule has 0 amide bonds. The van der Waals surface area contributed by atoms with Gasteiger partial charge < -0.3 is 10.3 Å². The molecule has 0 aliphatic heterocycles. The van der Waals surface area contributed by atoms with E-state index in [2.05, 4.69) is 9.97 Å². The fourth-order valence-corrected chi connectivity index (χ4v) is 4.36. The van der Waals surface area contributed by atoms with E-state index in [4.69, 9.17) is 5.73 Å². The molecule has 0 atom stereocenters. The number of aromatic nitrogens is 3. The number of anilines is 1. The molecule has 0 radical (unpaired) electrons. The second-order valence-corrected chi connectivity index (χ2v) is 8.31. The van der Waals surface area contributed by atoms with Crippen molar-refractivity contribution in [1.82, 2.24) is 14.5 Å². The van der Waals surface area contributed by atoms with Crippen LogP contribution in [0.3, 0.4) is 0 Å². The highest BCUT2D eigenvalue weighted by molar-refractivity contribution is 7.91. The minimum atomic E-state index is -3.28. The van der Waals surface area contributed by atoms with E-state index >= 15 is 0 Å². The van der Waals surface area contributed by atoms with E-state index in [1.54, 1.807) is 24.3 Å². The van der Waals surface area contributed by atoms with Gasteiger partial charge in [-0.15, -0.1) is 0 Å². The van der Waals surface area contributed by atoms with E-state index in [0.29, 0.717) is 29.2 Å². The van der Waals surface area contributed by atoms with Gasteiger partial charge in [0.05, 0.1) is 16.2 Å². The third-order valence-corrected chi connectivity index (χ3v) is 6.30. The molecule has 1 aromatic carbocycles. The standard InChI is InChI=1S/C18H22N4O2S/c1-12-13(2)20-18(19)16-17(12)22(14(3)21-16)10-7-11-25(23,24)15-8-5-4-6-9-15/h4-6,8-9H,7,10-11H2,1-3H3,(H2,19,20). The Morgan fingerprint density at radius 2 is 1.76 bits per heavy atom. The Hall–Kier alpha value is -2.41. The third-order valence-electron chi connectivity index (χ3n) is 4.48. The number of hydrogen-bond acceptors (Lipinski definition) is 5. The minimum absolute atomic E-state index is 0.0920. The average Bonchev–Trinajstić information content (AvgIpc) is 2.91. The Morgan fingerprint density at radius 1 is 1.08 bits per heavy atom. The summed E-state index contributed by atoms with van der Waals surface area (Å²) in [5.74, 6) is 1.32. The Labute approximate surface area is 147 Å². The largest absolute Gasteiger partial charge is 0.382 e. The van der Waals surface area contributed by atoms with Crippen LogP contribution in [0.15, 0.2) is 35.2 Å². The first-order chi connectivity index (χ1) is 11.8. The van der Waals surface area contributed by atoms with Gasteiger partial charge in [-0.2, -0.15) is 0 Å². The van der Waals surface area contributed by atoms with Crippen molar-refractivity contribution in [1.29, 1.82) is 0 Å². The van der Waals surface area contributed by atoms with Gasteiger partial charge in [-0.3, -0.25) is 0 Å². The number of nitrogens with two attached hydrogens (primary N) is 1. The summed E-state index contributed by atoms with van der Waals surface area (Å²) in [4.78, 5) is 9.20. The molecule has 6 nitrogen and oxygen atoms in total. The van der Waals surface area contributed by atoms with E-state index in [1.807, 2.05) is 31.4 Å². The second-order valence-electron chi connectivity index (χ2n) is 6.20. The molecule has 2 N–H and O–H groups in total. The fourth-order valence-electron chi connectivity index (χ4n) is 3.04. The first kappa shape index (κ1) is 17.4. The van der Waals surface area contributed by atoms with Gasteiger partial charge in [-0.05, 0) is 44.9 Å². The van der Waals surface area contributed by atoms with Crippen LogP contribution in [0, 0.1) is 20.8 Å². The molecule has 3 aromatic rings. The average molecular weight is 358 g/mol. The monoisotopic (exact) mass is 358 g/mol. The molecule has 25 heavy (non-hydrogen) atoms. The van der Waals surface area contributed by atoms with Gasteiger partial charge in [0.1, 0.15) is 11.3 Å². The van der Waals surface area contributed by atoms with Crippen LogP contribution >= 0.6 is 0 Å². The zero-order valence-corrected chi connectivity index (χ0v) is 15.5. The molecular formula is C18H22N4O2S. The smallest absolute Gasteiger partial charge is 0.178 e. The Balaban J connectivity index is 1.86. The molecule has 0 aliphatic carbocycles. The van der Waals surface area contributed by atoms with E-state index in [1.165, 1.54) is 0 Å². The Morgan fingerprint density at radius 3 is 2.44 bits per heavy atom. The lowest BCUT2D eigenvalue weighted by molar-refractivity contribution is 0.586. The van der Waals surface area contributed by atoms with Crippen LogP contribution in [-0.4, -0.2) is 28.7 Å². The van der Waals surface area contributed by atoms with Gasteiger partial charge in [0.25, 0.3) is 0 Å². The summed E-state index contributed by atoms with van der Waals surface area (Å²) >= 11 is 0. The van der Waals surface area contributed by atoms with Crippen LogP contribution in [0.1, 0.15) is 23.5 Å². The van der Waals surface area contributed by atoms with E-state index in [0.717, 1.165) is 22.6 Å². The van der Waals surface area contributed by atoms with Gasteiger partial charge in [0.15, 0.2) is 15.7 Å². The van der Waals surface area contributed by atoms with Crippen molar-refractivity contribution in [2.24, 2.45) is 0 Å². The number of imidazole rings is 1. The number of nitrogen functional groups attached to an aromatic ring is 1. The number of hydrogen-bond donors (Lipinski definition) is 1. The molecule has 2 aromatic heterocycles. The summed E-state index contributed by atoms with van der Waals surface area (Å²) in [6, 6.07) is 8.55. The third kappa shape index (κ3) is 3.24. The maximum absolute atomic E-state index is 12.4. The highest BCUT2D eigenvalue weighted by atomic mass is 32.2. The number of fused-ring (bicyclic) bond motifs is 1. The summed E-state index contributed by atoms with van der Waals surface area (Å²) in [5, 5.41) is 0. The highest BCUT2D eigenvalue weighted by Crippen LogP contribution is 2.26. The molecule has 0 fully saturated rings. The van der Waals surface area contributed by atoms with E-state index in [-0.39, 0.29) is 5.75 Å².